The van der Waals surface area contributed by atoms with E-state index in [-0.39, 0.29) is 10.6 Å². The van der Waals surface area contributed by atoms with Gasteiger partial charge >= 0.3 is 12.4 Å². The number of hydrogen-bond acceptors (Lipinski definition) is 4. The molecule has 0 saturated carbocycles. The lowest BCUT2D eigenvalue weighted by Gasteiger charge is -2.19. The van der Waals surface area contributed by atoms with E-state index in [4.69, 9.17) is 0 Å². The summed E-state index contributed by atoms with van der Waals surface area (Å²) in [6.45, 7) is 7.35. The van der Waals surface area contributed by atoms with E-state index in [0.717, 1.165) is 30.8 Å². The molecule has 1 unspecified atom stereocenters. The highest BCUT2D eigenvalue weighted by Gasteiger charge is 2.40. The first-order valence-corrected chi connectivity index (χ1v) is 12.0. The maximum atomic E-state index is 13.8. The molecule has 3 rings (SSSR count). The molecule has 1 heterocycles. The Kier molecular flexibility index (Phi) is 8.45. The van der Waals surface area contributed by atoms with Crippen molar-refractivity contribution in [3.05, 3.63) is 75.8 Å². The topological polar surface area (TPSA) is 45.2 Å². The smallest absolute Gasteiger partial charge is 0.345 e. The van der Waals surface area contributed by atoms with Crippen LogP contribution in [0.25, 0.3) is 10.6 Å². The molecular formula is C25H25F6N3OS. The van der Waals surface area contributed by atoms with Crippen LogP contribution in [0.15, 0.2) is 48.5 Å². The largest absolute Gasteiger partial charge is 0.435 e. The number of alkyl halides is 6. The molecule has 3 aromatic rings. The van der Waals surface area contributed by atoms with Gasteiger partial charge in [0.05, 0.1) is 11.6 Å². The maximum Gasteiger partial charge on any atom is 0.435 e. The third kappa shape index (κ3) is 6.44. The Labute approximate surface area is 209 Å². The molecule has 0 aliphatic carbocycles. The summed E-state index contributed by atoms with van der Waals surface area (Å²) >= 11 is 0.607. The minimum atomic E-state index is -4.89. The first-order valence-electron chi connectivity index (χ1n) is 11.2. The molecule has 2 aromatic carbocycles. The zero-order chi connectivity index (χ0) is 26.7. The minimum Gasteiger partial charge on any atom is -0.345 e. The molecule has 1 atom stereocenters. The van der Waals surface area contributed by atoms with Gasteiger partial charge in [-0.25, -0.2) is 4.98 Å². The highest BCUT2D eigenvalue weighted by atomic mass is 32.1. The fraction of sp³-hybridized carbons (Fsp3) is 0.360. The van der Waals surface area contributed by atoms with E-state index in [1.165, 1.54) is 19.1 Å². The Bertz CT molecular complexity index is 1200. The number of thiazole rings is 1. The van der Waals surface area contributed by atoms with Crippen LogP contribution in [0.5, 0.6) is 0 Å². The number of carbonyl (C=O) groups excluding carboxylic acids is 1. The number of rotatable bonds is 8. The zero-order valence-electron chi connectivity index (χ0n) is 19.8. The quantitative estimate of drug-likeness (QED) is 0.315. The summed E-state index contributed by atoms with van der Waals surface area (Å²) in [5.41, 5.74) is -0.866. The van der Waals surface area contributed by atoms with Crippen LogP contribution in [0.1, 0.15) is 58.9 Å². The van der Waals surface area contributed by atoms with E-state index in [9.17, 15) is 31.1 Å². The number of nitrogens with one attached hydrogen (secondary N) is 1. The van der Waals surface area contributed by atoms with Gasteiger partial charge in [-0.05, 0) is 43.3 Å². The summed E-state index contributed by atoms with van der Waals surface area (Å²) in [4.78, 5) is 18.1. The Balaban J connectivity index is 1.95. The van der Waals surface area contributed by atoms with Crippen molar-refractivity contribution in [2.75, 3.05) is 13.1 Å². The van der Waals surface area contributed by atoms with Crippen LogP contribution in [-0.2, 0) is 18.9 Å². The molecule has 0 aliphatic heterocycles. The number of aromatic nitrogens is 1. The van der Waals surface area contributed by atoms with E-state index in [2.05, 4.69) is 15.2 Å². The van der Waals surface area contributed by atoms with Crippen LogP contribution >= 0.6 is 11.3 Å². The molecule has 11 heteroatoms. The van der Waals surface area contributed by atoms with Crippen LogP contribution in [-0.4, -0.2) is 28.9 Å². The van der Waals surface area contributed by atoms with Crippen molar-refractivity contribution in [2.45, 2.75) is 45.7 Å². The summed E-state index contributed by atoms with van der Waals surface area (Å²) in [5.74, 6) is -1.06. The summed E-state index contributed by atoms with van der Waals surface area (Å²) in [6.07, 6.45) is -9.48. The van der Waals surface area contributed by atoms with Gasteiger partial charge in [0.15, 0.2) is 5.69 Å². The molecule has 0 fully saturated rings. The second-order valence-electron chi connectivity index (χ2n) is 8.13. The number of benzene rings is 2. The lowest BCUT2D eigenvalue weighted by atomic mass is 10.0. The van der Waals surface area contributed by atoms with E-state index in [1.54, 1.807) is 24.3 Å². The molecular weight excluding hydrogens is 504 g/mol. The van der Waals surface area contributed by atoms with Crippen LogP contribution in [0.4, 0.5) is 26.3 Å². The van der Waals surface area contributed by atoms with Crippen molar-refractivity contribution in [2.24, 2.45) is 0 Å². The number of halogens is 6. The third-order valence-electron chi connectivity index (χ3n) is 5.70. The monoisotopic (exact) mass is 529 g/mol. The summed E-state index contributed by atoms with van der Waals surface area (Å²) in [6, 6.07) is 10.2. The van der Waals surface area contributed by atoms with Crippen molar-refractivity contribution < 1.29 is 31.1 Å². The molecule has 36 heavy (non-hydrogen) atoms. The SMILES string of the molecule is CCN(CC)Cc1ccccc1-c1nc(C(F)(F)F)c(C(=O)NC(C)c2cccc(C(F)(F)F)c2)s1. The Morgan fingerprint density at radius 3 is 2.28 bits per heavy atom. The second-order valence-corrected chi connectivity index (χ2v) is 9.13. The van der Waals surface area contributed by atoms with E-state index >= 15 is 0 Å². The predicted octanol–water partition coefficient (Wildman–Crippen LogP) is 7.18. The molecule has 0 spiro atoms. The Morgan fingerprint density at radius 2 is 1.67 bits per heavy atom. The average molecular weight is 530 g/mol. The van der Waals surface area contributed by atoms with E-state index in [1.807, 2.05) is 13.8 Å². The van der Waals surface area contributed by atoms with Gasteiger partial charge in [0, 0.05) is 12.1 Å². The summed E-state index contributed by atoms with van der Waals surface area (Å²) < 4.78 is 80.6. The van der Waals surface area contributed by atoms with Crippen molar-refractivity contribution in [3.63, 3.8) is 0 Å². The highest BCUT2D eigenvalue weighted by molar-refractivity contribution is 7.17. The standard InChI is InChI=1S/C25H25F6N3OS/c1-4-34(5-2)14-17-9-6-7-12-19(17)23-33-21(25(29,30)31)20(36-23)22(35)32-15(3)16-10-8-11-18(13-16)24(26,27)28/h6-13,15H,4-5,14H2,1-3H3,(H,32,35). The molecule has 1 aromatic heterocycles. The van der Waals surface area contributed by atoms with Gasteiger partial charge in [-0.15, -0.1) is 11.3 Å². The molecule has 1 amide bonds. The molecule has 1 N–H and O–H groups in total. The van der Waals surface area contributed by atoms with Gasteiger partial charge in [-0.1, -0.05) is 50.2 Å². The molecule has 194 valence electrons. The van der Waals surface area contributed by atoms with Crippen LogP contribution in [0, 0.1) is 0 Å². The van der Waals surface area contributed by atoms with Crippen LogP contribution in [0.3, 0.4) is 0 Å². The highest BCUT2D eigenvalue weighted by Crippen LogP contribution is 2.39. The summed E-state index contributed by atoms with van der Waals surface area (Å²) in [5, 5.41) is 2.43. The van der Waals surface area contributed by atoms with Crippen LogP contribution < -0.4 is 5.32 Å². The van der Waals surface area contributed by atoms with Gasteiger partial charge in [-0.3, -0.25) is 9.69 Å². The third-order valence-corrected chi connectivity index (χ3v) is 6.79. The lowest BCUT2D eigenvalue weighted by Crippen LogP contribution is -2.28. The number of carbonyl (C=O) groups is 1. The first kappa shape index (κ1) is 27.7. The van der Waals surface area contributed by atoms with Gasteiger partial charge < -0.3 is 5.32 Å². The van der Waals surface area contributed by atoms with E-state index in [0.29, 0.717) is 23.4 Å². The van der Waals surface area contributed by atoms with Crippen LogP contribution in [0.2, 0.25) is 0 Å². The zero-order valence-corrected chi connectivity index (χ0v) is 20.6. The Hall–Kier alpha value is -2.92. The first-order chi connectivity index (χ1) is 16.8. The second kappa shape index (κ2) is 11.0. The summed E-state index contributed by atoms with van der Waals surface area (Å²) in [7, 11) is 0. The molecule has 4 nitrogen and oxygen atoms in total. The predicted molar refractivity (Wildman–Crippen MR) is 127 cm³/mol. The minimum absolute atomic E-state index is 0.0435. The van der Waals surface area contributed by atoms with Gasteiger partial charge in [0.1, 0.15) is 9.88 Å². The van der Waals surface area contributed by atoms with Crippen molar-refractivity contribution in [1.82, 2.24) is 15.2 Å². The van der Waals surface area contributed by atoms with Gasteiger partial charge in [0.25, 0.3) is 5.91 Å². The Morgan fingerprint density at radius 1 is 1.00 bits per heavy atom. The molecule has 0 bridgehead atoms. The van der Waals surface area contributed by atoms with Gasteiger partial charge in [0.2, 0.25) is 0 Å². The lowest BCUT2D eigenvalue weighted by molar-refractivity contribution is -0.141. The molecule has 0 saturated heterocycles. The number of amides is 1. The van der Waals surface area contributed by atoms with Gasteiger partial charge in [-0.2, -0.15) is 26.3 Å². The normalized spacial score (nSPS) is 13.2. The van der Waals surface area contributed by atoms with Crippen molar-refractivity contribution >= 4 is 17.2 Å². The fourth-order valence-corrected chi connectivity index (χ4v) is 4.72. The fourth-order valence-electron chi connectivity index (χ4n) is 3.67. The maximum absolute atomic E-state index is 13.8. The van der Waals surface area contributed by atoms with Crippen molar-refractivity contribution in [3.8, 4) is 10.6 Å². The van der Waals surface area contributed by atoms with E-state index < -0.39 is 40.4 Å². The van der Waals surface area contributed by atoms with Crippen molar-refractivity contribution in [1.29, 1.82) is 0 Å². The molecule has 0 aliphatic rings. The number of nitrogens with zero attached hydrogens (tertiary/aromatic N) is 2. The molecule has 0 radical (unpaired) electrons. The number of hydrogen-bond donors (Lipinski definition) is 1. The average Bonchev–Trinajstić information content (AvgIpc) is 3.28.